The van der Waals surface area contributed by atoms with Gasteiger partial charge in [-0.25, -0.2) is 0 Å². The van der Waals surface area contributed by atoms with Gasteiger partial charge in [0, 0.05) is 6.42 Å². The summed E-state index contributed by atoms with van der Waals surface area (Å²) in [7, 11) is 0. The quantitative estimate of drug-likeness (QED) is 0.679. The van der Waals surface area contributed by atoms with Crippen molar-refractivity contribution in [3.8, 4) is 0 Å². The fourth-order valence-electron chi connectivity index (χ4n) is 3.41. The van der Waals surface area contributed by atoms with E-state index in [9.17, 15) is 5.11 Å². The lowest BCUT2D eigenvalue weighted by Gasteiger charge is -2.31. The van der Waals surface area contributed by atoms with Crippen LogP contribution in [-0.4, -0.2) is 5.11 Å². The zero-order chi connectivity index (χ0) is 18.0. The van der Waals surface area contributed by atoms with Gasteiger partial charge in [0.2, 0.25) is 0 Å². The molecule has 1 heteroatoms. The van der Waals surface area contributed by atoms with Gasteiger partial charge in [-0.3, -0.25) is 0 Å². The van der Waals surface area contributed by atoms with Gasteiger partial charge in [-0.2, -0.15) is 0 Å². The molecule has 128 valence electrons. The van der Waals surface area contributed by atoms with Crippen LogP contribution in [0.3, 0.4) is 0 Å². The Labute approximate surface area is 151 Å². The number of aliphatic hydroxyl groups is 1. The molecule has 0 saturated heterocycles. The molecule has 25 heavy (non-hydrogen) atoms. The largest absolute Gasteiger partial charge is 0.380 e. The van der Waals surface area contributed by atoms with E-state index in [-0.39, 0.29) is 0 Å². The van der Waals surface area contributed by atoms with E-state index in [1.54, 1.807) is 0 Å². The number of benzene rings is 3. The summed E-state index contributed by atoms with van der Waals surface area (Å²) in [6, 6.07) is 22.8. The molecule has 0 amide bonds. The Kier molecular flexibility index (Phi) is 4.78. The van der Waals surface area contributed by atoms with E-state index >= 15 is 0 Å². The lowest BCUT2D eigenvalue weighted by atomic mass is 9.79. The van der Waals surface area contributed by atoms with Gasteiger partial charge in [-0.05, 0) is 55.5 Å². The maximum atomic E-state index is 11.8. The lowest BCUT2D eigenvalue weighted by molar-refractivity contribution is 0.0808. The molecule has 0 radical (unpaired) electrons. The predicted molar refractivity (Wildman–Crippen MR) is 105 cm³/mol. The Morgan fingerprint density at radius 3 is 1.44 bits per heavy atom. The Balaban J connectivity index is 2.15. The molecule has 0 aromatic heterocycles. The first-order valence-corrected chi connectivity index (χ1v) is 8.82. The van der Waals surface area contributed by atoms with Crippen molar-refractivity contribution < 1.29 is 5.11 Å². The molecule has 0 saturated carbocycles. The zero-order valence-electron chi connectivity index (χ0n) is 15.5. The van der Waals surface area contributed by atoms with Gasteiger partial charge < -0.3 is 5.11 Å². The van der Waals surface area contributed by atoms with Crippen LogP contribution >= 0.6 is 0 Å². The first-order valence-electron chi connectivity index (χ1n) is 8.82. The molecule has 1 nitrogen and oxygen atoms in total. The van der Waals surface area contributed by atoms with Crippen molar-refractivity contribution in [2.45, 2.75) is 39.7 Å². The van der Waals surface area contributed by atoms with E-state index < -0.39 is 5.60 Å². The van der Waals surface area contributed by atoms with Crippen molar-refractivity contribution in [1.29, 1.82) is 0 Å². The van der Waals surface area contributed by atoms with E-state index in [1.807, 2.05) is 24.3 Å². The van der Waals surface area contributed by atoms with Crippen molar-refractivity contribution in [2.75, 3.05) is 0 Å². The molecule has 3 aromatic rings. The summed E-state index contributed by atoms with van der Waals surface area (Å²) >= 11 is 0. The Hall–Kier alpha value is -2.38. The summed E-state index contributed by atoms with van der Waals surface area (Å²) in [4.78, 5) is 0. The fraction of sp³-hybridized carbons (Fsp3) is 0.250. The van der Waals surface area contributed by atoms with Gasteiger partial charge in [0.15, 0.2) is 0 Å². The van der Waals surface area contributed by atoms with E-state index in [0.717, 1.165) is 11.1 Å². The normalized spacial score (nSPS) is 11.6. The van der Waals surface area contributed by atoms with Crippen LogP contribution < -0.4 is 0 Å². The molecule has 0 aliphatic heterocycles. The monoisotopic (exact) mass is 330 g/mol. The summed E-state index contributed by atoms with van der Waals surface area (Å²) in [6.45, 7) is 8.38. The lowest BCUT2D eigenvalue weighted by Crippen LogP contribution is -2.31. The molecule has 0 fully saturated rings. The molecule has 3 rings (SSSR count). The van der Waals surface area contributed by atoms with Crippen molar-refractivity contribution in [2.24, 2.45) is 0 Å². The van der Waals surface area contributed by atoms with Gasteiger partial charge >= 0.3 is 0 Å². The zero-order valence-corrected chi connectivity index (χ0v) is 15.5. The second-order valence-electron chi connectivity index (χ2n) is 7.14. The minimum Gasteiger partial charge on any atom is -0.380 e. The van der Waals surface area contributed by atoms with E-state index in [2.05, 4.69) is 70.2 Å². The molecular formula is C24H26O. The number of rotatable bonds is 4. The molecule has 3 aromatic carbocycles. The highest BCUT2D eigenvalue weighted by Gasteiger charge is 2.32. The molecule has 0 heterocycles. The third-order valence-electron chi connectivity index (χ3n) is 5.14. The van der Waals surface area contributed by atoms with Crippen molar-refractivity contribution in [1.82, 2.24) is 0 Å². The Bertz CT molecular complexity index is 792. The molecule has 0 unspecified atom stereocenters. The van der Waals surface area contributed by atoms with Crippen LogP contribution in [0, 0.1) is 27.7 Å². The summed E-state index contributed by atoms with van der Waals surface area (Å²) in [5.74, 6) is 0. The number of hydrogen-bond donors (Lipinski definition) is 1. The fourth-order valence-corrected chi connectivity index (χ4v) is 3.41. The predicted octanol–water partition coefficient (Wildman–Crippen LogP) is 5.40. The highest BCUT2D eigenvalue weighted by Crippen LogP contribution is 2.35. The molecule has 0 bridgehead atoms. The van der Waals surface area contributed by atoms with Crippen LogP contribution in [0.1, 0.15) is 38.9 Å². The first kappa shape index (κ1) is 17.4. The molecular weight excluding hydrogens is 304 g/mol. The van der Waals surface area contributed by atoms with Crippen molar-refractivity contribution >= 4 is 0 Å². The molecule has 0 atom stereocenters. The van der Waals surface area contributed by atoms with Gasteiger partial charge in [0.25, 0.3) is 0 Å². The maximum absolute atomic E-state index is 11.8. The summed E-state index contributed by atoms with van der Waals surface area (Å²) < 4.78 is 0. The van der Waals surface area contributed by atoms with E-state index in [4.69, 9.17) is 0 Å². The maximum Gasteiger partial charge on any atom is 0.119 e. The first-order chi connectivity index (χ1) is 11.9. The second-order valence-corrected chi connectivity index (χ2v) is 7.14. The number of aryl methyl sites for hydroxylation is 4. The topological polar surface area (TPSA) is 20.2 Å². The van der Waals surface area contributed by atoms with E-state index in [1.165, 1.54) is 27.8 Å². The van der Waals surface area contributed by atoms with Crippen LogP contribution in [0.5, 0.6) is 0 Å². The summed E-state index contributed by atoms with van der Waals surface area (Å²) in [5.41, 5.74) is 6.87. The van der Waals surface area contributed by atoms with Crippen LogP contribution in [0.2, 0.25) is 0 Å². The van der Waals surface area contributed by atoms with Crippen LogP contribution in [0.4, 0.5) is 0 Å². The Morgan fingerprint density at radius 2 is 1.04 bits per heavy atom. The second kappa shape index (κ2) is 6.85. The summed E-state index contributed by atoms with van der Waals surface area (Å²) in [5, 5.41) is 11.8. The average molecular weight is 330 g/mol. The van der Waals surface area contributed by atoms with Gasteiger partial charge in [0.05, 0.1) is 0 Å². The standard InChI is InChI=1S/C24H26O/c1-17-8-12-21(13-9-17)24(25,22-14-10-18(2)11-15-22)16-23-19(3)6-5-7-20(23)4/h5-15,25H,16H2,1-4H3. The van der Waals surface area contributed by atoms with E-state index in [0.29, 0.717) is 6.42 Å². The van der Waals surface area contributed by atoms with Crippen LogP contribution in [0.15, 0.2) is 66.7 Å². The van der Waals surface area contributed by atoms with Gasteiger partial charge in [0.1, 0.15) is 5.60 Å². The van der Waals surface area contributed by atoms with Crippen LogP contribution in [-0.2, 0) is 12.0 Å². The van der Waals surface area contributed by atoms with Crippen molar-refractivity contribution in [3.05, 3.63) is 106 Å². The molecule has 0 spiro atoms. The van der Waals surface area contributed by atoms with Crippen molar-refractivity contribution in [3.63, 3.8) is 0 Å². The minimum absolute atomic E-state index is 0.567. The summed E-state index contributed by atoms with van der Waals surface area (Å²) in [6.07, 6.45) is 0.567. The highest BCUT2D eigenvalue weighted by atomic mass is 16.3. The average Bonchev–Trinajstić information content (AvgIpc) is 2.59. The molecule has 1 N–H and O–H groups in total. The third-order valence-corrected chi connectivity index (χ3v) is 5.14. The minimum atomic E-state index is -1.04. The van der Waals surface area contributed by atoms with Gasteiger partial charge in [-0.15, -0.1) is 0 Å². The SMILES string of the molecule is Cc1ccc(C(O)(Cc2c(C)cccc2C)c2ccc(C)cc2)cc1. The molecule has 0 aliphatic carbocycles. The smallest absolute Gasteiger partial charge is 0.119 e. The van der Waals surface area contributed by atoms with Crippen LogP contribution in [0.25, 0.3) is 0 Å². The number of hydrogen-bond acceptors (Lipinski definition) is 1. The van der Waals surface area contributed by atoms with Gasteiger partial charge in [-0.1, -0.05) is 77.9 Å². The molecule has 0 aliphatic rings. The third kappa shape index (κ3) is 3.52. The highest BCUT2D eigenvalue weighted by molar-refractivity contribution is 5.43. The Morgan fingerprint density at radius 1 is 0.640 bits per heavy atom.